The van der Waals surface area contributed by atoms with Gasteiger partial charge in [-0.15, -0.1) is 0 Å². The second kappa shape index (κ2) is 7.60. The quantitative estimate of drug-likeness (QED) is 0.827. The zero-order valence-corrected chi connectivity index (χ0v) is 16.2. The number of nitrogens with zero attached hydrogens (tertiary/aromatic N) is 3. The highest BCUT2D eigenvalue weighted by molar-refractivity contribution is 6.07. The molecular weight excluding hydrogens is 340 g/mol. The van der Waals surface area contributed by atoms with Gasteiger partial charge in [0.15, 0.2) is 0 Å². The van der Waals surface area contributed by atoms with Gasteiger partial charge in [-0.3, -0.25) is 14.6 Å². The number of amides is 3. The highest BCUT2D eigenvalue weighted by Crippen LogP contribution is 2.33. The molecular formula is C21H30N4O2. The standard InChI is InChI=1S/C21H30N4O2/c1-17-6-5-7-18(14-17)15-23-10-12-24(13-11-23)16-25-19(26)21(22-20(25)27)8-3-2-4-9-21/h5-7,14H,2-4,8-13,15-16H2,1H3,(H,22,27). The maximum atomic E-state index is 12.9. The second-order valence-corrected chi connectivity index (χ2v) is 8.33. The van der Waals surface area contributed by atoms with Crippen LogP contribution in [0, 0.1) is 6.92 Å². The van der Waals surface area contributed by atoms with Crippen LogP contribution in [-0.2, 0) is 11.3 Å². The van der Waals surface area contributed by atoms with Gasteiger partial charge < -0.3 is 5.32 Å². The van der Waals surface area contributed by atoms with Crippen LogP contribution in [0.2, 0.25) is 0 Å². The Hall–Kier alpha value is -1.92. The van der Waals surface area contributed by atoms with Gasteiger partial charge in [-0.2, -0.15) is 0 Å². The Morgan fingerprint density at radius 2 is 1.70 bits per heavy atom. The molecule has 1 aromatic rings. The summed E-state index contributed by atoms with van der Waals surface area (Å²) in [5.74, 6) is -0.00519. The van der Waals surface area contributed by atoms with Gasteiger partial charge in [0.25, 0.3) is 5.91 Å². The Morgan fingerprint density at radius 1 is 1.00 bits per heavy atom. The van der Waals surface area contributed by atoms with Gasteiger partial charge in [-0.05, 0) is 25.3 Å². The number of carbonyl (C=O) groups is 2. The molecule has 1 spiro atoms. The average molecular weight is 370 g/mol. The van der Waals surface area contributed by atoms with Gasteiger partial charge >= 0.3 is 6.03 Å². The lowest BCUT2D eigenvalue weighted by atomic mass is 9.82. The second-order valence-electron chi connectivity index (χ2n) is 8.33. The Kier molecular flexibility index (Phi) is 5.19. The maximum absolute atomic E-state index is 12.9. The lowest BCUT2D eigenvalue weighted by molar-refractivity contribution is -0.134. The zero-order chi connectivity index (χ0) is 18.9. The molecule has 3 amide bonds. The largest absolute Gasteiger partial charge is 0.326 e. The number of hydrogen-bond donors (Lipinski definition) is 1. The van der Waals surface area contributed by atoms with Crippen LogP contribution in [-0.4, -0.2) is 65.0 Å². The van der Waals surface area contributed by atoms with Crippen molar-refractivity contribution in [3.63, 3.8) is 0 Å². The zero-order valence-electron chi connectivity index (χ0n) is 16.2. The highest BCUT2D eigenvalue weighted by Gasteiger charge is 2.51. The number of urea groups is 1. The van der Waals surface area contributed by atoms with E-state index in [1.807, 2.05) is 0 Å². The van der Waals surface area contributed by atoms with Crippen LogP contribution in [0.5, 0.6) is 0 Å². The fourth-order valence-electron chi connectivity index (χ4n) is 4.66. The van der Waals surface area contributed by atoms with Crippen molar-refractivity contribution < 1.29 is 9.59 Å². The van der Waals surface area contributed by atoms with Crippen LogP contribution in [0.15, 0.2) is 24.3 Å². The van der Waals surface area contributed by atoms with Crippen LogP contribution in [0.1, 0.15) is 43.2 Å². The summed E-state index contributed by atoms with van der Waals surface area (Å²) in [5, 5.41) is 3.01. The first-order valence-corrected chi connectivity index (χ1v) is 10.2. The molecule has 1 aromatic carbocycles. The third kappa shape index (κ3) is 3.87. The van der Waals surface area contributed by atoms with E-state index in [2.05, 4.69) is 46.3 Å². The fraction of sp³-hybridized carbons (Fsp3) is 0.619. The molecule has 2 aliphatic heterocycles. The van der Waals surface area contributed by atoms with Gasteiger partial charge in [-0.1, -0.05) is 49.1 Å². The number of aryl methyl sites for hydroxylation is 1. The molecule has 1 saturated carbocycles. The minimum atomic E-state index is -0.609. The van der Waals surface area contributed by atoms with Crippen molar-refractivity contribution in [1.29, 1.82) is 0 Å². The Morgan fingerprint density at radius 3 is 2.41 bits per heavy atom. The molecule has 6 nitrogen and oxygen atoms in total. The highest BCUT2D eigenvalue weighted by atomic mass is 16.2. The van der Waals surface area contributed by atoms with E-state index in [9.17, 15) is 9.59 Å². The summed E-state index contributed by atoms with van der Waals surface area (Å²) >= 11 is 0. The van der Waals surface area contributed by atoms with Crippen LogP contribution < -0.4 is 5.32 Å². The number of imide groups is 1. The third-order valence-corrected chi connectivity index (χ3v) is 6.25. The number of rotatable bonds is 4. The molecule has 0 radical (unpaired) electrons. The molecule has 2 saturated heterocycles. The van der Waals surface area contributed by atoms with Crippen molar-refractivity contribution in [2.75, 3.05) is 32.8 Å². The fourth-order valence-corrected chi connectivity index (χ4v) is 4.66. The van der Waals surface area contributed by atoms with Gasteiger partial charge in [0, 0.05) is 32.7 Å². The molecule has 0 unspecified atom stereocenters. The molecule has 6 heteroatoms. The molecule has 3 aliphatic rings. The van der Waals surface area contributed by atoms with E-state index in [4.69, 9.17) is 0 Å². The van der Waals surface area contributed by atoms with E-state index in [0.29, 0.717) is 6.67 Å². The topological polar surface area (TPSA) is 55.9 Å². The van der Waals surface area contributed by atoms with E-state index >= 15 is 0 Å². The number of carbonyl (C=O) groups excluding carboxylic acids is 2. The van der Waals surface area contributed by atoms with Crippen molar-refractivity contribution in [3.8, 4) is 0 Å². The van der Waals surface area contributed by atoms with Gasteiger partial charge in [0.2, 0.25) is 0 Å². The minimum absolute atomic E-state index is 0.00519. The van der Waals surface area contributed by atoms with Crippen molar-refractivity contribution in [2.45, 2.75) is 51.1 Å². The Bertz CT molecular complexity index is 706. The summed E-state index contributed by atoms with van der Waals surface area (Å²) in [4.78, 5) is 31.5. The SMILES string of the molecule is Cc1cccc(CN2CCN(CN3C(=O)NC4(CCCCC4)C3=O)CC2)c1. The molecule has 1 N–H and O–H groups in total. The first kappa shape index (κ1) is 18.4. The summed E-state index contributed by atoms with van der Waals surface area (Å²) in [6.07, 6.45) is 4.79. The van der Waals surface area contributed by atoms with E-state index in [-0.39, 0.29) is 11.9 Å². The molecule has 3 fully saturated rings. The number of hydrogen-bond acceptors (Lipinski definition) is 4. The monoisotopic (exact) mass is 370 g/mol. The van der Waals surface area contributed by atoms with Gasteiger partial charge in [-0.25, -0.2) is 9.69 Å². The van der Waals surface area contributed by atoms with Crippen LogP contribution >= 0.6 is 0 Å². The van der Waals surface area contributed by atoms with Crippen molar-refractivity contribution >= 4 is 11.9 Å². The number of piperazine rings is 1. The number of benzene rings is 1. The van der Waals surface area contributed by atoms with E-state index < -0.39 is 5.54 Å². The maximum Gasteiger partial charge on any atom is 0.326 e. The molecule has 2 heterocycles. The molecule has 1 aliphatic carbocycles. The molecule has 27 heavy (non-hydrogen) atoms. The summed E-state index contributed by atoms with van der Waals surface area (Å²) in [7, 11) is 0. The van der Waals surface area contributed by atoms with Crippen LogP contribution in [0.25, 0.3) is 0 Å². The summed E-state index contributed by atoms with van der Waals surface area (Å²) in [5.41, 5.74) is 2.03. The van der Waals surface area contributed by atoms with Crippen molar-refractivity contribution in [2.24, 2.45) is 0 Å². The molecule has 0 aromatic heterocycles. The normalized spacial score (nSPS) is 23.8. The average Bonchev–Trinajstić information content (AvgIpc) is 2.88. The Labute approximate surface area is 161 Å². The molecule has 0 bridgehead atoms. The van der Waals surface area contributed by atoms with Crippen molar-refractivity contribution in [3.05, 3.63) is 35.4 Å². The van der Waals surface area contributed by atoms with Gasteiger partial charge in [0.05, 0.1) is 6.67 Å². The Balaban J connectivity index is 1.30. The lowest BCUT2D eigenvalue weighted by Gasteiger charge is -2.36. The van der Waals surface area contributed by atoms with Crippen molar-refractivity contribution in [1.82, 2.24) is 20.0 Å². The number of nitrogens with one attached hydrogen (secondary N) is 1. The first-order valence-electron chi connectivity index (χ1n) is 10.2. The predicted molar refractivity (Wildman–Crippen MR) is 104 cm³/mol. The van der Waals surface area contributed by atoms with Gasteiger partial charge in [0.1, 0.15) is 5.54 Å². The van der Waals surface area contributed by atoms with Crippen LogP contribution in [0.4, 0.5) is 4.79 Å². The third-order valence-electron chi connectivity index (χ3n) is 6.25. The molecule has 146 valence electrons. The predicted octanol–water partition coefficient (Wildman–Crippen LogP) is 2.32. The molecule has 4 rings (SSSR count). The summed E-state index contributed by atoms with van der Waals surface area (Å²) in [6.45, 7) is 7.20. The lowest BCUT2D eigenvalue weighted by Crippen LogP contribution is -2.52. The van der Waals surface area contributed by atoms with Crippen LogP contribution in [0.3, 0.4) is 0 Å². The van der Waals surface area contributed by atoms with E-state index in [1.165, 1.54) is 16.0 Å². The first-order chi connectivity index (χ1) is 13.1. The smallest absolute Gasteiger partial charge is 0.323 e. The minimum Gasteiger partial charge on any atom is -0.323 e. The summed E-state index contributed by atoms with van der Waals surface area (Å²) < 4.78 is 0. The summed E-state index contributed by atoms with van der Waals surface area (Å²) in [6, 6.07) is 8.45. The van der Waals surface area contributed by atoms with E-state index in [0.717, 1.165) is 64.8 Å². The molecule has 0 atom stereocenters. The van der Waals surface area contributed by atoms with E-state index in [1.54, 1.807) is 0 Å².